The molecule has 0 radical (unpaired) electrons. The Balaban J connectivity index is 1.29. The number of nitrogens with zero attached hydrogens (tertiary/aromatic N) is 4. The number of nitrogens with one attached hydrogen (secondary N) is 1. The molecule has 3 aromatic rings. The molecule has 6 rings (SSSR count). The van der Waals surface area contributed by atoms with Crippen LogP contribution in [0.15, 0.2) is 60.9 Å². The third kappa shape index (κ3) is 5.37. The highest BCUT2D eigenvalue weighted by Gasteiger charge is 2.42. The molecule has 1 amide bonds. The van der Waals surface area contributed by atoms with E-state index in [1.165, 1.54) is 25.1 Å². The topological polar surface area (TPSA) is 87.4 Å². The highest BCUT2D eigenvalue weighted by atomic mass is 19.4. The highest BCUT2D eigenvalue weighted by molar-refractivity contribution is 5.94. The van der Waals surface area contributed by atoms with Crippen molar-refractivity contribution in [3.05, 3.63) is 72.2 Å². The normalized spacial score (nSPS) is 25.1. The first kappa shape index (κ1) is 26.6. The van der Waals surface area contributed by atoms with E-state index >= 15 is 0 Å². The van der Waals surface area contributed by atoms with Crippen LogP contribution in [-0.4, -0.2) is 53.6 Å². The lowest BCUT2D eigenvalue weighted by molar-refractivity contribution is -0.141. The van der Waals surface area contributed by atoms with Crippen LogP contribution in [0.5, 0.6) is 0 Å². The number of carbonyl (C=O) groups is 1. The average Bonchev–Trinajstić information content (AvgIpc) is 3.13. The molecular formula is C30H33F3N6O. The van der Waals surface area contributed by atoms with E-state index < -0.39 is 17.8 Å². The highest BCUT2D eigenvalue weighted by Crippen LogP contribution is 2.36. The Labute approximate surface area is 231 Å². The number of halogens is 3. The Morgan fingerprint density at radius 3 is 2.55 bits per heavy atom. The molecule has 4 unspecified atom stereocenters. The van der Waals surface area contributed by atoms with Gasteiger partial charge < -0.3 is 20.9 Å². The lowest BCUT2D eigenvalue weighted by Crippen LogP contribution is -2.59. The van der Waals surface area contributed by atoms with Crippen LogP contribution in [0.25, 0.3) is 11.1 Å². The first-order valence-corrected chi connectivity index (χ1v) is 13.9. The van der Waals surface area contributed by atoms with Crippen LogP contribution in [0.4, 0.5) is 24.7 Å². The van der Waals surface area contributed by atoms with Gasteiger partial charge in [-0.3, -0.25) is 4.79 Å². The minimum Gasteiger partial charge on any atom is -0.369 e. The predicted molar refractivity (Wildman–Crippen MR) is 148 cm³/mol. The molecule has 1 aromatic carbocycles. The van der Waals surface area contributed by atoms with E-state index in [1.54, 1.807) is 6.07 Å². The summed E-state index contributed by atoms with van der Waals surface area (Å²) in [6, 6.07) is 14.6. The second-order valence-corrected chi connectivity index (χ2v) is 11.1. The van der Waals surface area contributed by atoms with Gasteiger partial charge in [0.15, 0.2) is 0 Å². The Morgan fingerprint density at radius 1 is 0.950 bits per heavy atom. The number of primary amides is 1. The third-order valence-corrected chi connectivity index (χ3v) is 8.67. The van der Waals surface area contributed by atoms with Gasteiger partial charge in [-0.25, -0.2) is 9.97 Å². The Morgan fingerprint density at radius 2 is 1.77 bits per heavy atom. The number of piperidine rings is 1. The fourth-order valence-electron chi connectivity index (χ4n) is 6.63. The summed E-state index contributed by atoms with van der Waals surface area (Å²) < 4.78 is 39.2. The van der Waals surface area contributed by atoms with Crippen LogP contribution in [-0.2, 0) is 6.18 Å². The van der Waals surface area contributed by atoms with Crippen LogP contribution < -0.4 is 20.9 Å². The molecule has 3 fully saturated rings. The number of benzene rings is 1. The van der Waals surface area contributed by atoms with Gasteiger partial charge in [0.25, 0.3) is 0 Å². The molecule has 1 aliphatic carbocycles. The predicted octanol–water partition coefficient (Wildman–Crippen LogP) is 4.88. The zero-order valence-electron chi connectivity index (χ0n) is 22.1. The summed E-state index contributed by atoms with van der Waals surface area (Å²) >= 11 is 0. The van der Waals surface area contributed by atoms with E-state index in [9.17, 15) is 18.0 Å². The maximum Gasteiger partial charge on any atom is 0.433 e. The smallest absolute Gasteiger partial charge is 0.369 e. The van der Waals surface area contributed by atoms with Crippen molar-refractivity contribution in [1.82, 2.24) is 15.3 Å². The van der Waals surface area contributed by atoms with E-state index in [2.05, 4.69) is 26.2 Å². The number of hydrogen-bond acceptors (Lipinski definition) is 6. The summed E-state index contributed by atoms with van der Waals surface area (Å²) in [5.74, 6) is 0.926. The molecule has 3 aliphatic rings. The molecule has 7 nitrogen and oxygen atoms in total. The average molecular weight is 551 g/mol. The van der Waals surface area contributed by atoms with Crippen molar-refractivity contribution in [3.63, 3.8) is 0 Å². The number of nitrogens with two attached hydrogens (primary N) is 1. The molecule has 40 heavy (non-hydrogen) atoms. The monoisotopic (exact) mass is 550 g/mol. The maximum absolute atomic E-state index is 13.1. The molecule has 2 aromatic heterocycles. The fraction of sp³-hybridized carbons (Fsp3) is 0.433. The van der Waals surface area contributed by atoms with E-state index in [0.29, 0.717) is 36.3 Å². The molecule has 2 saturated heterocycles. The molecule has 0 spiro atoms. The van der Waals surface area contributed by atoms with Gasteiger partial charge in [-0.05, 0) is 72.7 Å². The van der Waals surface area contributed by atoms with Gasteiger partial charge in [0.05, 0.1) is 11.9 Å². The number of pyridine rings is 2. The van der Waals surface area contributed by atoms with Crippen LogP contribution in [0, 0.1) is 5.92 Å². The van der Waals surface area contributed by atoms with Gasteiger partial charge in [-0.2, -0.15) is 13.2 Å². The third-order valence-electron chi connectivity index (χ3n) is 8.67. The lowest BCUT2D eigenvalue weighted by Gasteiger charge is -2.44. The van der Waals surface area contributed by atoms with Gasteiger partial charge in [0, 0.05) is 49.5 Å². The van der Waals surface area contributed by atoms with Crippen molar-refractivity contribution in [3.8, 4) is 11.1 Å². The molecule has 0 bridgehead atoms. The molecule has 4 atom stereocenters. The number of fused-ring (bicyclic) bond motifs is 2. The zero-order valence-corrected chi connectivity index (χ0v) is 22.1. The Kier molecular flexibility index (Phi) is 7.12. The van der Waals surface area contributed by atoms with E-state index in [4.69, 9.17) is 10.7 Å². The second kappa shape index (κ2) is 10.7. The number of alkyl halides is 3. The standard InChI is InChI=1S/C30H33F3N6O/c31-30(32,33)27-9-8-23(16-36-27)38-13-11-26-25(18-38)37-24-7-2-1-4-22(24)17-39(26)28-15-20(10-12-35-28)19-5-3-6-21(14-19)29(34)40/h3,5-6,8-10,12,14-16,22,24-26,37H,1-2,4,7,11,13,17-18H2,(H2,34,40). The Bertz CT molecular complexity index is 1360. The molecule has 210 valence electrons. The number of anilines is 2. The largest absolute Gasteiger partial charge is 0.433 e. The van der Waals surface area contributed by atoms with E-state index in [0.717, 1.165) is 48.8 Å². The van der Waals surface area contributed by atoms with E-state index in [-0.39, 0.29) is 12.1 Å². The molecule has 3 N–H and O–H groups in total. The van der Waals surface area contributed by atoms with Crippen molar-refractivity contribution in [2.45, 2.75) is 56.4 Å². The number of carbonyl (C=O) groups excluding carboxylic acids is 1. The van der Waals surface area contributed by atoms with Crippen LogP contribution in [0.3, 0.4) is 0 Å². The summed E-state index contributed by atoms with van der Waals surface area (Å²) in [6.07, 6.45) is 4.22. The summed E-state index contributed by atoms with van der Waals surface area (Å²) in [5.41, 5.74) is 7.69. The molecule has 10 heteroatoms. The van der Waals surface area contributed by atoms with Crippen molar-refractivity contribution in [2.24, 2.45) is 11.7 Å². The number of amides is 1. The summed E-state index contributed by atoms with van der Waals surface area (Å²) in [6.45, 7) is 2.29. The SMILES string of the molecule is NC(=O)c1cccc(-c2ccnc(N3CC4CCCCC4NC4CN(c5ccc(C(F)(F)F)nc5)CCC43)c2)c1. The lowest BCUT2D eigenvalue weighted by atomic mass is 9.84. The number of aromatic nitrogens is 2. The zero-order chi connectivity index (χ0) is 27.9. The minimum absolute atomic E-state index is 0.118. The molecule has 4 heterocycles. The molecular weight excluding hydrogens is 517 g/mol. The fourth-order valence-corrected chi connectivity index (χ4v) is 6.63. The quantitative estimate of drug-likeness (QED) is 0.482. The van der Waals surface area contributed by atoms with Crippen molar-refractivity contribution in [1.29, 1.82) is 0 Å². The van der Waals surface area contributed by atoms with Crippen LogP contribution in [0.1, 0.15) is 48.2 Å². The molecule has 2 aliphatic heterocycles. The first-order valence-electron chi connectivity index (χ1n) is 13.9. The number of rotatable bonds is 4. The summed E-state index contributed by atoms with van der Waals surface area (Å²) in [7, 11) is 0. The van der Waals surface area contributed by atoms with Gasteiger partial charge in [-0.1, -0.05) is 25.0 Å². The van der Waals surface area contributed by atoms with Gasteiger partial charge in [0.1, 0.15) is 11.5 Å². The number of hydrogen-bond donors (Lipinski definition) is 2. The first-order chi connectivity index (χ1) is 19.3. The van der Waals surface area contributed by atoms with Crippen molar-refractivity contribution >= 4 is 17.4 Å². The van der Waals surface area contributed by atoms with Gasteiger partial charge in [-0.15, -0.1) is 0 Å². The summed E-state index contributed by atoms with van der Waals surface area (Å²) in [4.78, 5) is 24.8. The van der Waals surface area contributed by atoms with Crippen LogP contribution >= 0.6 is 0 Å². The van der Waals surface area contributed by atoms with Gasteiger partial charge in [0.2, 0.25) is 5.91 Å². The van der Waals surface area contributed by atoms with E-state index in [1.807, 2.05) is 30.5 Å². The maximum atomic E-state index is 13.1. The van der Waals surface area contributed by atoms with Gasteiger partial charge >= 0.3 is 6.18 Å². The summed E-state index contributed by atoms with van der Waals surface area (Å²) in [5, 5.41) is 3.96. The Hall–Kier alpha value is -3.66. The van der Waals surface area contributed by atoms with Crippen molar-refractivity contribution < 1.29 is 18.0 Å². The second-order valence-electron chi connectivity index (χ2n) is 11.1. The van der Waals surface area contributed by atoms with Crippen LogP contribution in [0.2, 0.25) is 0 Å². The molecule has 1 saturated carbocycles. The van der Waals surface area contributed by atoms with Crippen molar-refractivity contribution in [2.75, 3.05) is 29.4 Å². The minimum atomic E-state index is -4.45.